The number of aryl methyl sites for hydroxylation is 1. The predicted molar refractivity (Wildman–Crippen MR) is 121 cm³/mol. The van der Waals surface area contributed by atoms with E-state index in [4.69, 9.17) is 11.6 Å². The SMILES string of the molecule is Cc1ccc2c(Nc3ccc(Cl)cc3)c(C(=O)N3CCCC(C)C3)cnc2n1.Cl. The molecule has 29 heavy (non-hydrogen) atoms. The van der Waals surface area contributed by atoms with E-state index in [2.05, 4.69) is 22.2 Å². The van der Waals surface area contributed by atoms with Crippen molar-refractivity contribution in [2.24, 2.45) is 5.92 Å². The second-order valence-electron chi connectivity index (χ2n) is 7.50. The van der Waals surface area contributed by atoms with E-state index >= 15 is 0 Å². The van der Waals surface area contributed by atoms with Crippen LogP contribution in [0.15, 0.2) is 42.6 Å². The first-order chi connectivity index (χ1) is 13.5. The van der Waals surface area contributed by atoms with Gasteiger partial charge < -0.3 is 10.2 Å². The van der Waals surface area contributed by atoms with Crippen LogP contribution in [-0.2, 0) is 0 Å². The van der Waals surface area contributed by atoms with Crippen molar-refractivity contribution in [3.8, 4) is 0 Å². The summed E-state index contributed by atoms with van der Waals surface area (Å²) in [5.41, 5.74) is 3.69. The number of nitrogens with zero attached hydrogens (tertiary/aromatic N) is 3. The Balaban J connectivity index is 0.00000240. The average molecular weight is 431 g/mol. The molecule has 1 aliphatic rings. The lowest BCUT2D eigenvalue weighted by atomic mass is 9.99. The van der Waals surface area contributed by atoms with Crippen LogP contribution in [0.5, 0.6) is 0 Å². The Labute approximate surface area is 181 Å². The molecule has 2 aromatic heterocycles. The van der Waals surface area contributed by atoms with Gasteiger partial charge in [0.25, 0.3) is 5.91 Å². The maximum absolute atomic E-state index is 13.3. The highest BCUT2D eigenvalue weighted by atomic mass is 35.5. The third-order valence-electron chi connectivity index (χ3n) is 5.16. The molecule has 3 heterocycles. The van der Waals surface area contributed by atoms with Gasteiger partial charge in [0, 0.05) is 41.1 Å². The normalized spacial score (nSPS) is 16.4. The fourth-order valence-corrected chi connectivity index (χ4v) is 3.82. The van der Waals surface area contributed by atoms with Gasteiger partial charge in [-0.3, -0.25) is 4.79 Å². The summed E-state index contributed by atoms with van der Waals surface area (Å²) >= 11 is 6.02. The van der Waals surface area contributed by atoms with Crippen LogP contribution in [0.4, 0.5) is 11.4 Å². The second-order valence-corrected chi connectivity index (χ2v) is 7.94. The Morgan fingerprint density at radius 3 is 2.69 bits per heavy atom. The van der Waals surface area contributed by atoms with Gasteiger partial charge in [-0.2, -0.15) is 0 Å². The minimum atomic E-state index is 0. The zero-order valence-electron chi connectivity index (χ0n) is 16.5. The van der Waals surface area contributed by atoms with E-state index in [-0.39, 0.29) is 18.3 Å². The highest BCUT2D eigenvalue weighted by Gasteiger charge is 2.25. The van der Waals surface area contributed by atoms with Gasteiger partial charge in [0.05, 0.1) is 11.3 Å². The molecule has 1 N–H and O–H groups in total. The molecule has 0 bridgehead atoms. The van der Waals surface area contributed by atoms with Gasteiger partial charge in [-0.25, -0.2) is 9.97 Å². The van der Waals surface area contributed by atoms with Crippen molar-refractivity contribution in [3.63, 3.8) is 0 Å². The molecule has 1 atom stereocenters. The summed E-state index contributed by atoms with van der Waals surface area (Å²) in [7, 11) is 0. The summed E-state index contributed by atoms with van der Waals surface area (Å²) in [4.78, 5) is 24.3. The fraction of sp³-hybridized carbons (Fsp3) is 0.318. The first-order valence-corrected chi connectivity index (χ1v) is 9.97. The van der Waals surface area contributed by atoms with Crippen LogP contribution in [-0.4, -0.2) is 33.9 Å². The van der Waals surface area contributed by atoms with E-state index in [0.717, 1.165) is 42.0 Å². The van der Waals surface area contributed by atoms with Gasteiger partial charge in [-0.1, -0.05) is 18.5 Å². The molecule has 0 radical (unpaired) electrons. The van der Waals surface area contributed by atoms with Crippen LogP contribution in [0.3, 0.4) is 0 Å². The molecule has 1 aromatic carbocycles. The molecule has 1 amide bonds. The second kappa shape index (κ2) is 8.97. The molecule has 5 nitrogen and oxygen atoms in total. The van der Waals surface area contributed by atoms with Crippen LogP contribution in [0.2, 0.25) is 5.02 Å². The molecule has 0 saturated carbocycles. The standard InChI is InChI=1S/C22H23ClN4O.ClH/c1-14-4-3-11-27(13-14)22(28)19-12-24-21-18(10-5-15(2)25-21)20(19)26-17-8-6-16(23)7-9-17;/h5-10,12,14H,3-4,11,13H2,1-2H3,(H,24,25,26);1H. The Bertz CT molecular complexity index is 1020. The lowest BCUT2D eigenvalue weighted by Crippen LogP contribution is -2.39. The maximum Gasteiger partial charge on any atom is 0.257 e. The first-order valence-electron chi connectivity index (χ1n) is 9.59. The summed E-state index contributed by atoms with van der Waals surface area (Å²) in [6.07, 6.45) is 3.85. The van der Waals surface area contributed by atoms with E-state index in [9.17, 15) is 4.79 Å². The Kier molecular flexibility index (Phi) is 6.60. The third kappa shape index (κ3) is 4.62. The largest absolute Gasteiger partial charge is 0.354 e. The van der Waals surface area contributed by atoms with E-state index in [1.807, 2.05) is 48.2 Å². The number of rotatable bonds is 3. The number of hydrogen-bond acceptors (Lipinski definition) is 4. The molecule has 1 unspecified atom stereocenters. The van der Waals surface area contributed by atoms with Gasteiger partial charge in [0.15, 0.2) is 5.65 Å². The van der Waals surface area contributed by atoms with Gasteiger partial charge in [-0.15, -0.1) is 12.4 Å². The number of carbonyl (C=O) groups is 1. The number of fused-ring (bicyclic) bond motifs is 1. The number of carbonyl (C=O) groups excluding carboxylic acids is 1. The van der Waals surface area contributed by atoms with Crippen molar-refractivity contribution in [1.82, 2.24) is 14.9 Å². The number of likely N-dealkylation sites (tertiary alicyclic amines) is 1. The van der Waals surface area contributed by atoms with Crippen LogP contribution >= 0.6 is 24.0 Å². The summed E-state index contributed by atoms with van der Waals surface area (Å²) in [5.74, 6) is 0.529. The summed E-state index contributed by atoms with van der Waals surface area (Å²) in [5, 5.41) is 4.90. The van der Waals surface area contributed by atoms with Gasteiger partial charge in [0.1, 0.15) is 0 Å². The molecule has 4 rings (SSSR count). The molecular formula is C22H24Cl2N4O. The highest BCUT2D eigenvalue weighted by molar-refractivity contribution is 6.30. The first kappa shape index (κ1) is 21.3. The molecule has 3 aromatic rings. The molecule has 0 spiro atoms. The smallest absolute Gasteiger partial charge is 0.257 e. The summed E-state index contributed by atoms with van der Waals surface area (Å²) < 4.78 is 0. The highest BCUT2D eigenvalue weighted by Crippen LogP contribution is 2.31. The van der Waals surface area contributed by atoms with Crippen molar-refractivity contribution in [2.75, 3.05) is 18.4 Å². The number of piperidine rings is 1. The number of amides is 1. The zero-order valence-corrected chi connectivity index (χ0v) is 18.1. The van der Waals surface area contributed by atoms with Crippen molar-refractivity contribution >= 4 is 52.3 Å². The van der Waals surface area contributed by atoms with Gasteiger partial charge in [-0.05, 0) is 62.1 Å². The Hall–Kier alpha value is -2.37. The number of halogens is 2. The van der Waals surface area contributed by atoms with Crippen molar-refractivity contribution < 1.29 is 4.79 Å². The van der Waals surface area contributed by atoms with E-state index < -0.39 is 0 Å². The van der Waals surface area contributed by atoms with Crippen LogP contribution in [0.1, 0.15) is 35.8 Å². The number of aromatic nitrogens is 2. The Morgan fingerprint density at radius 2 is 1.97 bits per heavy atom. The zero-order chi connectivity index (χ0) is 19.7. The van der Waals surface area contributed by atoms with E-state index in [0.29, 0.717) is 22.2 Å². The number of pyridine rings is 2. The maximum atomic E-state index is 13.3. The molecule has 1 fully saturated rings. The van der Waals surface area contributed by atoms with E-state index in [1.165, 1.54) is 6.42 Å². The molecular weight excluding hydrogens is 407 g/mol. The number of benzene rings is 1. The summed E-state index contributed by atoms with van der Waals surface area (Å²) in [6.45, 7) is 5.69. The number of anilines is 2. The van der Waals surface area contributed by atoms with Crippen LogP contribution in [0, 0.1) is 12.8 Å². The topological polar surface area (TPSA) is 58.1 Å². The molecule has 152 valence electrons. The predicted octanol–water partition coefficient (Wildman–Crippen LogP) is 5.63. The lowest BCUT2D eigenvalue weighted by molar-refractivity contribution is 0.0684. The van der Waals surface area contributed by atoms with Gasteiger partial charge >= 0.3 is 0 Å². The minimum Gasteiger partial charge on any atom is -0.354 e. The van der Waals surface area contributed by atoms with Gasteiger partial charge in [0.2, 0.25) is 0 Å². The third-order valence-corrected chi connectivity index (χ3v) is 5.41. The lowest BCUT2D eigenvalue weighted by Gasteiger charge is -2.31. The number of hydrogen-bond donors (Lipinski definition) is 1. The quantitative estimate of drug-likeness (QED) is 0.584. The monoisotopic (exact) mass is 430 g/mol. The molecule has 7 heteroatoms. The van der Waals surface area contributed by atoms with Crippen LogP contribution < -0.4 is 5.32 Å². The van der Waals surface area contributed by atoms with Crippen molar-refractivity contribution in [2.45, 2.75) is 26.7 Å². The van der Waals surface area contributed by atoms with Crippen molar-refractivity contribution in [1.29, 1.82) is 0 Å². The minimum absolute atomic E-state index is 0. The van der Waals surface area contributed by atoms with Crippen molar-refractivity contribution in [3.05, 3.63) is 58.9 Å². The van der Waals surface area contributed by atoms with Crippen LogP contribution in [0.25, 0.3) is 11.0 Å². The summed E-state index contributed by atoms with van der Waals surface area (Å²) in [6, 6.07) is 11.3. The molecule has 0 aliphatic carbocycles. The Morgan fingerprint density at radius 1 is 1.21 bits per heavy atom. The fourth-order valence-electron chi connectivity index (χ4n) is 3.69. The average Bonchev–Trinajstić information content (AvgIpc) is 2.69. The van der Waals surface area contributed by atoms with E-state index in [1.54, 1.807) is 6.20 Å². The molecule has 1 aliphatic heterocycles. The molecule has 1 saturated heterocycles. The number of nitrogens with one attached hydrogen (secondary N) is 1.